The van der Waals surface area contributed by atoms with Crippen molar-refractivity contribution in [2.75, 3.05) is 33.4 Å². The Kier molecular flexibility index (Phi) is 7.21. The summed E-state index contributed by atoms with van der Waals surface area (Å²) in [5.41, 5.74) is 0. The van der Waals surface area contributed by atoms with Gasteiger partial charge in [0.2, 0.25) is 5.91 Å². The summed E-state index contributed by atoms with van der Waals surface area (Å²) in [5.74, 6) is 0.258. The number of carbonyl (C=O) groups is 1. The molecule has 1 aliphatic rings. The molecule has 4 heteroatoms. The number of rotatable bonds is 7. The summed E-state index contributed by atoms with van der Waals surface area (Å²) in [5, 5.41) is 3.19. The normalized spacial score (nSPS) is 20.6. The van der Waals surface area contributed by atoms with Crippen molar-refractivity contribution >= 4 is 5.91 Å². The summed E-state index contributed by atoms with van der Waals surface area (Å²) in [7, 11) is 1.70. The van der Waals surface area contributed by atoms with E-state index in [-0.39, 0.29) is 5.91 Å². The van der Waals surface area contributed by atoms with Gasteiger partial charge >= 0.3 is 0 Å². The molecule has 0 spiro atoms. The van der Waals surface area contributed by atoms with Gasteiger partial charge in [-0.2, -0.15) is 0 Å². The van der Waals surface area contributed by atoms with E-state index in [4.69, 9.17) is 4.74 Å². The molecule has 1 heterocycles. The van der Waals surface area contributed by atoms with Gasteiger partial charge in [-0.1, -0.05) is 6.92 Å². The van der Waals surface area contributed by atoms with E-state index in [9.17, 15) is 4.79 Å². The zero-order valence-corrected chi connectivity index (χ0v) is 11.2. The van der Waals surface area contributed by atoms with Crippen molar-refractivity contribution in [2.24, 2.45) is 0 Å². The van der Waals surface area contributed by atoms with Crippen LogP contribution in [0.15, 0.2) is 0 Å². The monoisotopic (exact) mass is 242 g/mol. The molecule has 1 amide bonds. The smallest absolute Gasteiger partial charge is 0.236 e. The van der Waals surface area contributed by atoms with Crippen LogP contribution in [-0.4, -0.2) is 50.2 Å². The van der Waals surface area contributed by atoms with Crippen LogP contribution in [0.5, 0.6) is 0 Å². The van der Waals surface area contributed by atoms with Crippen molar-refractivity contribution in [3.05, 3.63) is 0 Å². The Morgan fingerprint density at radius 2 is 2.29 bits per heavy atom. The molecule has 1 atom stereocenters. The van der Waals surface area contributed by atoms with Crippen LogP contribution in [0.4, 0.5) is 0 Å². The number of nitrogens with one attached hydrogen (secondary N) is 1. The molecule has 1 fully saturated rings. The fraction of sp³-hybridized carbons (Fsp3) is 0.923. The quantitative estimate of drug-likeness (QED) is 0.686. The minimum atomic E-state index is 0.258. The molecule has 100 valence electrons. The maximum Gasteiger partial charge on any atom is 0.236 e. The molecule has 1 rings (SSSR count). The fourth-order valence-corrected chi connectivity index (χ4v) is 2.39. The van der Waals surface area contributed by atoms with E-state index in [0.717, 1.165) is 39.0 Å². The van der Waals surface area contributed by atoms with E-state index >= 15 is 0 Å². The second-order valence-electron chi connectivity index (χ2n) is 4.67. The molecule has 0 radical (unpaired) electrons. The SMILES string of the molecule is CCC1CCCCN1C(=O)CNCCCOC. The highest BCUT2D eigenvalue weighted by Crippen LogP contribution is 2.19. The summed E-state index contributed by atoms with van der Waals surface area (Å²) >= 11 is 0. The highest BCUT2D eigenvalue weighted by Gasteiger charge is 2.24. The number of ether oxygens (including phenoxy) is 1. The Labute approximate surface area is 105 Å². The predicted octanol–water partition coefficient (Wildman–Crippen LogP) is 1.40. The largest absolute Gasteiger partial charge is 0.385 e. The van der Waals surface area contributed by atoms with Gasteiger partial charge in [-0.15, -0.1) is 0 Å². The maximum absolute atomic E-state index is 12.0. The van der Waals surface area contributed by atoms with Crippen LogP contribution < -0.4 is 5.32 Å². The molecule has 0 bridgehead atoms. The standard InChI is InChI=1S/C13H26N2O2/c1-3-12-7-4-5-9-15(12)13(16)11-14-8-6-10-17-2/h12,14H,3-11H2,1-2H3. The van der Waals surface area contributed by atoms with Crippen LogP contribution in [0.25, 0.3) is 0 Å². The molecular formula is C13H26N2O2. The lowest BCUT2D eigenvalue weighted by Gasteiger charge is -2.35. The van der Waals surface area contributed by atoms with Gasteiger partial charge < -0.3 is 15.0 Å². The van der Waals surface area contributed by atoms with Crippen LogP contribution in [0.2, 0.25) is 0 Å². The molecule has 0 saturated carbocycles. The summed E-state index contributed by atoms with van der Waals surface area (Å²) < 4.78 is 4.96. The molecule has 17 heavy (non-hydrogen) atoms. The first-order chi connectivity index (χ1) is 8.29. The van der Waals surface area contributed by atoms with E-state index in [1.54, 1.807) is 7.11 Å². The van der Waals surface area contributed by atoms with Crippen molar-refractivity contribution in [3.8, 4) is 0 Å². The van der Waals surface area contributed by atoms with Gasteiger partial charge in [0.1, 0.15) is 0 Å². The first kappa shape index (κ1) is 14.5. The van der Waals surface area contributed by atoms with E-state index < -0.39 is 0 Å². The van der Waals surface area contributed by atoms with Crippen molar-refractivity contribution < 1.29 is 9.53 Å². The third-order valence-electron chi connectivity index (χ3n) is 3.40. The molecule has 0 aromatic heterocycles. The summed E-state index contributed by atoms with van der Waals surface area (Å²) in [4.78, 5) is 14.1. The molecule has 1 unspecified atom stereocenters. The van der Waals surface area contributed by atoms with Gasteiger partial charge in [-0.05, 0) is 38.6 Å². The number of nitrogens with zero attached hydrogens (tertiary/aromatic N) is 1. The average Bonchev–Trinajstić information content (AvgIpc) is 2.38. The molecule has 4 nitrogen and oxygen atoms in total. The highest BCUT2D eigenvalue weighted by molar-refractivity contribution is 5.78. The molecule has 1 N–H and O–H groups in total. The average molecular weight is 242 g/mol. The molecular weight excluding hydrogens is 216 g/mol. The predicted molar refractivity (Wildman–Crippen MR) is 69.0 cm³/mol. The van der Waals surface area contributed by atoms with E-state index in [2.05, 4.69) is 17.1 Å². The number of hydrogen-bond donors (Lipinski definition) is 1. The van der Waals surface area contributed by atoms with Crippen molar-refractivity contribution in [2.45, 2.75) is 45.1 Å². The lowest BCUT2D eigenvalue weighted by molar-refractivity contribution is -0.133. The van der Waals surface area contributed by atoms with Crippen LogP contribution in [0.1, 0.15) is 39.0 Å². The number of piperidine rings is 1. The first-order valence-corrected chi connectivity index (χ1v) is 6.78. The Morgan fingerprint density at radius 3 is 3.00 bits per heavy atom. The number of hydrogen-bond acceptors (Lipinski definition) is 3. The summed E-state index contributed by atoms with van der Waals surface area (Å²) in [6.07, 6.45) is 5.64. The van der Waals surface area contributed by atoms with Crippen LogP contribution in [0.3, 0.4) is 0 Å². The molecule has 1 aliphatic heterocycles. The van der Waals surface area contributed by atoms with Crippen LogP contribution >= 0.6 is 0 Å². The molecule has 1 saturated heterocycles. The van der Waals surface area contributed by atoms with E-state index in [1.165, 1.54) is 12.8 Å². The molecule has 0 aromatic carbocycles. The number of likely N-dealkylation sites (tertiary alicyclic amines) is 1. The minimum Gasteiger partial charge on any atom is -0.385 e. The molecule has 0 aliphatic carbocycles. The van der Waals surface area contributed by atoms with Crippen molar-refractivity contribution in [1.82, 2.24) is 10.2 Å². The third kappa shape index (κ3) is 5.04. The van der Waals surface area contributed by atoms with E-state index in [1.807, 2.05) is 0 Å². The number of methoxy groups -OCH3 is 1. The number of carbonyl (C=O) groups excluding carboxylic acids is 1. The lowest BCUT2D eigenvalue weighted by atomic mass is 10.00. The summed E-state index contributed by atoms with van der Waals surface area (Å²) in [6, 6.07) is 0.469. The third-order valence-corrected chi connectivity index (χ3v) is 3.40. The van der Waals surface area contributed by atoms with Gasteiger partial charge in [-0.25, -0.2) is 0 Å². The Morgan fingerprint density at radius 1 is 1.47 bits per heavy atom. The van der Waals surface area contributed by atoms with Gasteiger partial charge in [-0.3, -0.25) is 4.79 Å². The topological polar surface area (TPSA) is 41.6 Å². The second kappa shape index (κ2) is 8.48. The number of amides is 1. The Bertz CT molecular complexity index is 221. The zero-order chi connectivity index (χ0) is 12.5. The maximum atomic E-state index is 12.0. The fourth-order valence-electron chi connectivity index (χ4n) is 2.39. The minimum absolute atomic E-state index is 0.258. The van der Waals surface area contributed by atoms with Crippen LogP contribution in [0, 0.1) is 0 Å². The zero-order valence-electron chi connectivity index (χ0n) is 11.2. The second-order valence-corrected chi connectivity index (χ2v) is 4.67. The van der Waals surface area contributed by atoms with Gasteiger partial charge in [0, 0.05) is 26.3 Å². The highest BCUT2D eigenvalue weighted by atomic mass is 16.5. The van der Waals surface area contributed by atoms with Crippen molar-refractivity contribution in [1.29, 1.82) is 0 Å². The van der Waals surface area contributed by atoms with Crippen LogP contribution in [-0.2, 0) is 9.53 Å². The first-order valence-electron chi connectivity index (χ1n) is 6.78. The van der Waals surface area contributed by atoms with E-state index in [0.29, 0.717) is 12.6 Å². The summed E-state index contributed by atoms with van der Waals surface area (Å²) in [6.45, 7) is 5.19. The van der Waals surface area contributed by atoms with Gasteiger partial charge in [0.25, 0.3) is 0 Å². The van der Waals surface area contributed by atoms with Gasteiger partial charge in [0.05, 0.1) is 6.54 Å². The van der Waals surface area contributed by atoms with Gasteiger partial charge in [0.15, 0.2) is 0 Å². The van der Waals surface area contributed by atoms with Crippen molar-refractivity contribution in [3.63, 3.8) is 0 Å². The Hall–Kier alpha value is -0.610. The lowest BCUT2D eigenvalue weighted by Crippen LogP contribution is -2.47. The Balaban J connectivity index is 2.20. The molecule has 0 aromatic rings.